The second-order valence-corrected chi connectivity index (χ2v) is 3.35. The van der Waals surface area contributed by atoms with Gasteiger partial charge in [-0.3, -0.25) is 9.78 Å². The highest BCUT2D eigenvalue weighted by atomic mass is 16.5. The molecule has 92 valence electrons. The molecule has 0 bridgehead atoms. The van der Waals surface area contributed by atoms with Crippen molar-refractivity contribution in [3.05, 3.63) is 29.6 Å². The summed E-state index contributed by atoms with van der Waals surface area (Å²) >= 11 is 0. The second-order valence-electron chi connectivity index (χ2n) is 3.35. The number of hydrogen-bond acceptors (Lipinski definition) is 5. The van der Waals surface area contributed by atoms with Crippen LogP contribution in [0.15, 0.2) is 18.3 Å². The number of rotatable bonds is 6. The molecule has 1 rings (SSSR count). The zero-order chi connectivity index (χ0) is 12.7. The average molecular weight is 238 g/mol. The number of nitrogens with one attached hydrogen (secondary N) is 1. The molecular formula is C11H14N2O4. The van der Waals surface area contributed by atoms with Gasteiger partial charge in [0, 0.05) is 19.3 Å². The number of carboxylic acid groups (broad SMARTS) is 1. The number of carboxylic acids is 1. The second kappa shape index (κ2) is 6.59. The largest absolute Gasteiger partial charge is 0.478 e. The summed E-state index contributed by atoms with van der Waals surface area (Å²) in [5.74, 6) is -1.27. The van der Waals surface area contributed by atoms with Crippen LogP contribution in [-0.2, 0) is 16.1 Å². The molecule has 0 saturated heterocycles. The van der Waals surface area contributed by atoms with Gasteiger partial charge in [-0.25, -0.2) is 4.79 Å². The van der Waals surface area contributed by atoms with Crippen molar-refractivity contribution in [2.75, 3.05) is 13.7 Å². The third-order valence-electron chi connectivity index (χ3n) is 2.11. The first kappa shape index (κ1) is 13.1. The summed E-state index contributed by atoms with van der Waals surface area (Å²) in [5.41, 5.74) is 0.878. The Morgan fingerprint density at radius 1 is 1.47 bits per heavy atom. The van der Waals surface area contributed by atoms with Gasteiger partial charge in [0.2, 0.25) is 0 Å². The zero-order valence-corrected chi connectivity index (χ0v) is 9.47. The highest BCUT2D eigenvalue weighted by Gasteiger charge is 2.03. The summed E-state index contributed by atoms with van der Waals surface area (Å²) in [6.07, 6.45) is 1.60. The molecule has 1 aromatic rings. The Morgan fingerprint density at radius 2 is 2.24 bits per heavy atom. The van der Waals surface area contributed by atoms with E-state index in [9.17, 15) is 9.59 Å². The van der Waals surface area contributed by atoms with E-state index in [4.69, 9.17) is 5.11 Å². The van der Waals surface area contributed by atoms with Crippen molar-refractivity contribution < 1.29 is 19.4 Å². The van der Waals surface area contributed by atoms with Crippen LogP contribution in [0.4, 0.5) is 0 Å². The Bertz CT molecular complexity index is 389. The molecular weight excluding hydrogens is 224 g/mol. The van der Waals surface area contributed by atoms with Crippen LogP contribution < -0.4 is 5.32 Å². The third kappa shape index (κ3) is 4.60. The van der Waals surface area contributed by atoms with Crippen molar-refractivity contribution in [1.82, 2.24) is 10.3 Å². The van der Waals surface area contributed by atoms with Gasteiger partial charge in [0.15, 0.2) is 0 Å². The molecule has 0 amide bonds. The summed E-state index contributed by atoms with van der Waals surface area (Å²) in [6.45, 7) is 0.978. The molecule has 2 N–H and O–H groups in total. The molecule has 17 heavy (non-hydrogen) atoms. The smallest absolute Gasteiger partial charge is 0.337 e. The topological polar surface area (TPSA) is 88.5 Å². The van der Waals surface area contributed by atoms with Crippen molar-refractivity contribution in [3.63, 3.8) is 0 Å². The average Bonchev–Trinajstić information content (AvgIpc) is 2.34. The van der Waals surface area contributed by atoms with E-state index in [-0.39, 0.29) is 11.5 Å². The van der Waals surface area contributed by atoms with Gasteiger partial charge in [-0.1, -0.05) is 0 Å². The molecule has 6 heteroatoms. The Labute approximate surface area is 98.6 Å². The van der Waals surface area contributed by atoms with Gasteiger partial charge in [0.1, 0.15) is 0 Å². The number of pyridine rings is 1. The molecule has 0 unspecified atom stereocenters. The lowest BCUT2D eigenvalue weighted by Gasteiger charge is -2.03. The highest BCUT2D eigenvalue weighted by Crippen LogP contribution is 2.00. The lowest BCUT2D eigenvalue weighted by Crippen LogP contribution is -2.19. The third-order valence-corrected chi connectivity index (χ3v) is 2.11. The number of aromatic nitrogens is 1. The summed E-state index contributed by atoms with van der Waals surface area (Å²) in [6, 6.07) is 3.13. The van der Waals surface area contributed by atoms with E-state index < -0.39 is 5.97 Å². The van der Waals surface area contributed by atoms with Crippen LogP contribution in [0.25, 0.3) is 0 Å². The summed E-state index contributed by atoms with van der Waals surface area (Å²) in [5, 5.41) is 11.7. The van der Waals surface area contributed by atoms with Gasteiger partial charge in [0.05, 0.1) is 24.8 Å². The normalized spacial score (nSPS) is 9.94. The molecule has 1 heterocycles. The van der Waals surface area contributed by atoms with Gasteiger partial charge in [-0.05, 0) is 12.1 Å². The summed E-state index contributed by atoms with van der Waals surface area (Å²) in [7, 11) is 1.34. The van der Waals surface area contributed by atoms with Crippen LogP contribution in [0.5, 0.6) is 0 Å². The SMILES string of the molecule is COC(=O)CCNCc1ccc(C(=O)O)cn1. The molecule has 0 radical (unpaired) electrons. The minimum absolute atomic E-state index is 0.156. The molecule has 0 fully saturated rings. The van der Waals surface area contributed by atoms with Crippen LogP contribution in [0, 0.1) is 0 Å². The van der Waals surface area contributed by atoms with Crippen LogP contribution in [0.1, 0.15) is 22.5 Å². The fourth-order valence-corrected chi connectivity index (χ4v) is 1.16. The Kier molecular flexibility index (Phi) is 5.09. The number of carbonyl (C=O) groups excluding carboxylic acids is 1. The Balaban J connectivity index is 2.32. The fourth-order valence-electron chi connectivity index (χ4n) is 1.16. The monoisotopic (exact) mass is 238 g/mol. The number of carbonyl (C=O) groups is 2. The highest BCUT2D eigenvalue weighted by molar-refractivity contribution is 5.87. The van der Waals surface area contributed by atoms with Crippen LogP contribution >= 0.6 is 0 Å². The number of methoxy groups -OCH3 is 1. The number of hydrogen-bond donors (Lipinski definition) is 2. The molecule has 0 aromatic carbocycles. The molecule has 0 atom stereocenters. The summed E-state index contributed by atoms with van der Waals surface area (Å²) in [4.78, 5) is 25.4. The van der Waals surface area contributed by atoms with Crippen LogP contribution in [0.2, 0.25) is 0 Å². The van der Waals surface area contributed by atoms with E-state index >= 15 is 0 Å². The molecule has 0 saturated carbocycles. The number of nitrogens with zero attached hydrogens (tertiary/aromatic N) is 1. The first-order valence-electron chi connectivity index (χ1n) is 5.09. The van der Waals surface area contributed by atoms with Gasteiger partial charge in [0.25, 0.3) is 0 Å². The van der Waals surface area contributed by atoms with Crippen molar-refractivity contribution >= 4 is 11.9 Å². The maximum Gasteiger partial charge on any atom is 0.337 e. The van der Waals surface area contributed by atoms with Crippen molar-refractivity contribution in [3.8, 4) is 0 Å². The molecule has 6 nitrogen and oxygen atoms in total. The maximum atomic E-state index is 10.8. The van der Waals surface area contributed by atoms with E-state index in [0.29, 0.717) is 19.5 Å². The van der Waals surface area contributed by atoms with E-state index in [2.05, 4.69) is 15.0 Å². The standard InChI is InChI=1S/C11H14N2O4/c1-17-10(14)4-5-12-7-9-3-2-8(6-13-9)11(15)16/h2-3,6,12H,4-5,7H2,1H3,(H,15,16). The minimum atomic E-state index is -0.997. The predicted molar refractivity (Wildman–Crippen MR) is 59.5 cm³/mol. The molecule has 0 spiro atoms. The molecule has 0 aliphatic rings. The Hall–Kier alpha value is -1.95. The van der Waals surface area contributed by atoms with Crippen LogP contribution in [-0.4, -0.2) is 35.7 Å². The molecule has 0 aliphatic carbocycles. The lowest BCUT2D eigenvalue weighted by atomic mass is 10.2. The van der Waals surface area contributed by atoms with Gasteiger partial charge in [-0.2, -0.15) is 0 Å². The zero-order valence-electron chi connectivity index (χ0n) is 9.47. The van der Waals surface area contributed by atoms with Crippen LogP contribution in [0.3, 0.4) is 0 Å². The molecule has 0 aliphatic heterocycles. The van der Waals surface area contributed by atoms with E-state index in [0.717, 1.165) is 5.69 Å². The number of aromatic carboxylic acids is 1. The first-order valence-corrected chi connectivity index (χ1v) is 5.09. The lowest BCUT2D eigenvalue weighted by molar-refractivity contribution is -0.140. The Morgan fingerprint density at radius 3 is 2.76 bits per heavy atom. The summed E-state index contributed by atoms with van der Waals surface area (Å²) < 4.78 is 4.48. The van der Waals surface area contributed by atoms with Crippen molar-refractivity contribution in [1.29, 1.82) is 0 Å². The number of ether oxygens (including phenoxy) is 1. The van der Waals surface area contributed by atoms with Gasteiger partial charge >= 0.3 is 11.9 Å². The number of esters is 1. The first-order chi connectivity index (χ1) is 8.13. The van der Waals surface area contributed by atoms with Crippen molar-refractivity contribution in [2.45, 2.75) is 13.0 Å². The van der Waals surface area contributed by atoms with E-state index in [1.807, 2.05) is 0 Å². The maximum absolute atomic E-state index is 10.8. The predicted octanol–water partition coefficient (Wildman–Crippen LogP) is 0.432. The molecule has 1 aromatic heterocycles. The van der Waals surface area contributed by atoms with E-state index in [1.165, 1.54) is 19.4 Å². The fraction of sp³-hybridized carbons (Fsp3) is 0.364. The van der Waals surface area contributed by atoms with E-state index in [1.54, 1.807) is 6.07 Å². The van der Waals surface area contributed by atoms with Gasteiger partial charge in [-0.15, -0.1) is 0 Å². The van der Waals surface area contributed by atoms with Crippen molar-refractivity contribution in [2.24, 2.45) is 0 Å². The quantitative estimate of drug-likeness (QED) is 0.552. The minimum Gasteiger partial charge on any atom is -0.478 e. The van der Waals surface area contributed by atoms with Gasteiger partial charge < -0.3 is 15.2 Å².